The second-order valence-corrected chi connectivity index (χ2v) is 4.57. The molecule has 0 bridgehead atoms. The molecule has 0 fully saturated rings. The van der Waals surface area contributed by atoms with E-state index in [4.69, 9.17) is 10.7 Å². The maximum atomic E-state index is 10.8. The lowest BCUT2D eigenvalue weighted by atomic mass is 10.4. The lowest BCUT2D eigenvalue weighted by Crippen LogP contribution is -1.98. The van der Waals surface area contributed by atoms with Crippen molar-refractivity contribution < 1.29 is 13.3 Å². The maximum Gasteiger partial charge on any atom is 0.292 e. The van der Waals surface area contributed by atoms with Gasteiger partial charge in [-0.05, 0) is 0 Å². The summed E-state index contributed by atoms with van der Waals surface area (Å²) >= 11 is 0. The molecular weight excluding hydrogens is 220 g/mol. The third-order valence-electron chi connectivity index (χ3n) is 1.22. The predicted octanol–water partition coefficient (Wildman–Crippen LogP) is 0.917. The smallest absolute Gasteiger partial charge is 0.263 e. The lowest BCUT2D eigenvalue weighted by Gasteiger charge is -1.95. The molecule has 0 aliphatic rings. The van der Waals surface area contributed by atoms with Crippen molar-refractivity contribution in [2.24, 2.45) is 0 Å². The molecule has 1 heterocycles. The van der Waals surface area contributed by atoms with Gasteiger partial charge in [-0.15, -0.1) is 0 Å². The van der Waals surface area contributed by atoms with Crippen LogP contribution in [0.5, 0.6) is 0 Å². The second-order valence-electron chi connectivity index (χ2n) is 2.04. The van der Waals surface area contributed by atoms with E-state index < -0.39 is 24.6 Å². The molecule has 8 heteroatoms. The number of halogens is 1. The molecule has 1 rings (SSSR count). The van der Waals surface area contributed by atoms with E-state index in [-0.39, 0.29) is 0 Å². The summed E-state index contributed by atoms with van der Waals surface area (Å²) in [6.07, 6.45) is 1.95. The summed E-state index contributed by atoms with van der Waals surface area (Å²) in [4.78, 5) is 12.3. The van der Waals surface area contributed by atoms with Gasteiger partial charge in [0.05, 0.1) is 11.1 Å². The van der Waals surface area contributed by atoms with Gasteiger partial charge in [0.25, 0.3) is 14.7 Å². The predicted molar refractivity (Wildman–Crippen MR) is 43.9 cm³/mol. The van der Waals surface area contributed by atoms with E-state index in [0.29, 0.717) is 0 Å². The van der Waals surface area contributed by atoms with Gasteiger partial charge in [0.2, 0.25) is 0 Å². The molecule has 0 unspecified atom stereocenters. The van der Waals surface area contributed by atoms with Gasteiger partial charge in [0.15, 0.2) is 4.90 Å². The minimum atomic E-state index is -4.11. The highest BCUT2D eigenvalue weighted by Crippen LogP contribution is 2.24. The molecule has 13 heavy (non-hydrogen) atoms. The van der Waals surface area contributed by atoms with Crippen LogP contribution in [0.1, 0.15) is 0 Å². The molecule has 0 spiro atoms. The first-order chi connectivity index (χ1) is 5.93. The monoisotopic (exact) mass is 222 g/mol. The third-order valence-corrected chi connectivity index (χ3v) is 2.56. The fraction of sp³-hybridized carbons (Fsp3) is 0. The maximum absolute atomic E-state index is 10.8. The first kappa shape index (κ1) is 9.87. The van der Waals surface area contributed by atoms with Crippen molar-refractivity contribution in [3.8, 4) is 0 Å². The van der Waals surface area contributed by atoms with Crippen molar-refractivity contribution in [3.05, 3.63) is 28.6 Å². The Balaban J connectivity index is 3.46. The molecule has 0 saturated heterocycles. The average Bonchev–Trinajstić information content (AvgIpc) is 2.03. The number of nitro groups is 1. The molecule has 1 aromatic heterocycles. The molecule has 1 aromatic rings. The highest BCUT2D eigenvalue weighted by atomic mass is 35.7. The number of aromatic nitrogens is 1. The summed E-state index contributed by atoms with van der Waals surface area (Å²) in [6.45, 7) is 0. The zero-order valence-corrected chi connectivity index (χ0v) is 7.62. The van der Waals surface area contributed by atoms with Crippen LogP contribution in [0.2, 0.25) is 0 Å². The number of rotatable bonds is 2. The highest BCUT2D eigenvalue weighted by molar-refractivity contribution is 8.13. The van der Waals surface area contributed by atoms with E-state index in [9.17, 15) is 18.5 Å². The first-order valence-corrected chi connectivity index (χ1v) is 5.27. The molecule has 0 atom stereocenters. The molecule has 0 aromatic carbocycles. The van der Waals surface area contributed by atoms with Crippen molar-refractivity contribution in [2.45, 2.75) is 4.90 Å². The Morgan fingerprint density at radius 2 is 2.15 bits per heavy atom. The number of pyridine rings is 1. The van der Waals surface area contributed by atoms with Crippen LogP contribution in [0.4, 0.5) is 5.69 Å². The Hall–Kier alpha value is -1.21. The van der Waals surface area contributed by atoms with E-state index in [0.717, 1.165) is 18.5 Å². The van der Waals surface area contributed by atoms with Crippen molar-refractivity contribution in [2.75, 3.05) is 0 Å². The van der Waals surface area contributed by atoms with Gasteiger partial charge >= 0.3 is 0 Å². The van der Waals surface area contributed by atoms with E-state index in [1.807, 2.05) is 0 Å². The molecule has 6 nitrogen and oxygen atoms in total. The van der Waals surface area contributed by atoms with Crippen molar-refractivity contribution in [1.29, 1.82) is 0 Å². The minimum Gasteiger partial charge on any atom is -0.263 e. The molecule has 0 aliphatic carbocycles. The van der Waals surface area contributed by atoms with E-state index >= 15 is 0 Å². The lowest BCUT2D eigenvalue weighted by molar-refractivity contribution is -0.387. The van der Waals surface area contributed by atoms with Gasteiger partial charge in [-0.2, -0.15) is 0 Å². The fourth-order valence-corrected chi connectivity index (χ4v) is 1.65. The van der Waals surface area contributed by atoms with Gasteiger partial charge in [0, 0.05) is 22.9 Å². The summed E-state index contributed by atoms with van der Waals surface area (Å²) in [5, 5.41) is 10.3. The van der Waals surface area contributed by atoms with Gasteiger partial charge in [0.1, 0.15) is 0 Å². The van der Waals surface area contributed by atoms with Crippen LogP contribution in [-0.4, -0.2) is 18.3 Å². The Labute approximate surface area is 77.7 Å². The van der Waals surface area contributed by atoms with Gasteiger partial charge < -0.3 is 0 Å². The summed E-state index contributed by atoms with van der Waals surface area (Å²) < 4.78 is 21.6. The molecule has 0 saturated carbocycles. The van der Waals surface area contributed by atoms with Gasteiger partial charge in [-0.1, -0.05) is 0 Å². The van der Waals surface area contributed by atoms with Crippen LogP contribution in [0.15, 0.2) is 23.4 Å². The van der Waals surface area contributed by atoms with Crippen molar-refractivity contribution in [3.63, 3.8) is 0 Å². The van der Waals surface area contributed by atoms with E-state index in [1.54, 1.807) is 0 Å². The zero-order chi connectivity index (χ0) is 10.1. The molecule has 70 valence electrons. The Bertz CT molecular complexity index is 444. The van der Waals surface area contributed by atoms with Crippen LogP contribution in [0.3, 0.4) is 0 Å². The summed E-state index contributed by atoms with van der Waals surface area (Å²) in [5.41, 5.74) is -0.579. The fourth-order valence-electron chi connectivity index (χ4n) is 0.711. The number of hydrogen-bond donors (Lipinski definition) is 0. The van der Waals surface area contributed by atoms with Crippen LogP contribution in [-0.2, 0) is 9.05 Å². The largest absolute Gasteiger partial charge is 0.292 e. The van der Waals surface area contributed by atoms with E-state index in [1.165, 1.54) is 0 Å². The molecule has 0 N–H and O–H groups in total. The van der Waals surface area contributed by atoms with Crippen LogP contribution >= 0.6 is 10.7 Å². The molecule has 0 aliphatic heterocycles. The standard InChI is InChI=1S/C5H3ClN2O4S/c6-13(11,12)5-3-7-2-1-4(5)8(9)10/h1-3H. The van der Waals surface area contributed by atoms with Crippen molar-refractivity contribution >= 4 is 25.4 Å². The normalized spacial score (nSPS) is 11.2. The Morgan fingerprint density at radius 3 is 2.54 bits per heavy atom. The zero-order valence-electron chi connectivity index (χ0n) is 6.05. The quantitative estimate of drug-likeness (QED) is 0.422. The van der Waals surface area contributed by atoms with Crippen molar-refractivity contribution in [1.82, 2.24) is 4.98 Å². The first-order valence-electron chi connectivity index (χ1n) is 2.96. The van der Waals surface area contributed by atoms with Gasteiger partial charge in [-0.25, -0.2) is 8.42 Å². The second kappa shape index (κ2) is 3.27. The van der Waals surface area contributed by atoms with Crippen LogP contribution < -0.4 is 0 Å². The SMILES string of the molecule is O=[N+]([O-])c1ccncc1S(=O)(=O)Cl. The Morgan fingerprint density at radius 1 is 1.54 bits per heavy atom. The minimum absolute atomic E-state index is 0.579. The molecule has 0 amide bonds. The van der Waals surface area contributed by atoms with Crippen LogP contribution in [0.25, 0.3) is 0 Å². The highest BCUT2D eigenvalue weighted by Gasteiger charge is 2.23. The third kappa shape index (κ3) is 2.13. The Kier molecular flexibility index (Phi) is 2.48. The molecule has 0 radical (unpaired) electrons. The number of hydrogen-bond acceptors (Lipinski definition) is 5. The summed E-state index contributed by atoms with van der Waals surface area (Å²) in [6, 6.07) is 0.968. The van der Waals surface area contributed by atoms with Gasteiger partial charge in [-0.3, -0.25) is 15.1 Å². The summed E-state index contributed by atoms with van der Waals surface area (Å²) in [7, 11) is 0.825. The molecular formula is C5H3ClN2O4S. The van der Waals surface area contributed by atoms with E-state index in [2.05, 4.69) is 4.98 Å². The average molecular weight is 223 g/mol. The summed E-state index contributed by atoms with van der Waals surface area (Å²) in [5.74, 6) is 0. The van der Waals surface area contributed by atoms with Crippen LogP contribution in [0, 0.1) is 10.1 Å². The topological polar surface area (TPSA) is 90.2 Å². The number of nitrogens with zero attached hydrogens (tertiary/aromatic N) is 2.